The van der Waals surface area contributed by atoms with Gasteiger partial charge in [-0.25, -0.2) is 0 Å². The molecule has 0 unspecified atom stereocenters. The van der Waals surface area contributed by atoms with Crippen LogP contribution in [0.3, 0.4) is 0 Å². The van der Waals surface area contributed by atoms with Crippen molar-refractivity contribution in [3.8, 4) is 11.5 Å². The summed E-state index contributed by atoms with van der Waals surface area (Å²) in [5.74, 6) is 1.13. The summed E-state index contributed by atoms with van der Waals surface area (Å²) in [6.45, 7) is 7.27. The molecule has 5 nitrogen and oxygen atoms in total. The highest BCUT2D eigenvalue weighted by Gasteiger charge is 2.13. The second-order valence-corrected chi connectivity index (χ2v) is 7.76. The van der Waals surface area contributed by atoms with E-state index in [1.54, 1.807) is 6.07 Å². The summed E-state index contributed by atoms with van der Waals surface area (Å²) in [5.41, 5.74) is 1.52. The fraction of sp³-hybridized carbons (Fsp3) is 0.417. The lowest BCUT2D eigenvalue weighted by Gasteiger charge is -2.13. The van der Waals surface area contributed by atoms with Crippen LogP contribution in [0, 0.1) is 0 Å². The smallest absolute Gasteiger partial charge is 0.261 e. The molecule has 0 bridgehead atoms. The van der Waals surface area contributed by atoms with Crippen LogP contribution in [0.4, 0.5) is 0 Å². The van der Waals surface area contributed by atoms with Gasteiger partial charge in [0.1, 0.15) is 11.5 Å². The van der Waals surface area contributed by atoms with E-state index < -0.39 is 0 Å². The number of unbranched alkanes of at least 4 members (excludes halogenated alkanes) is 3. The van der Waals surface area contributed by atoms with Crippen LogP contribution >= 0.6 is 12.2 Å². The molecule has 1 amide bonds. The van der Waals surface area contributed by atoms with Gasteiger partial charge < -0.3 is 14.8 Å². The van der Waals surface area contributed by atoms with Crippen molar-refractivity contribution in [1.29, 1.82) is 0 Å². The Morgan fingerprint density at radius 1 is 1.03 bits per heavy atom. The second-order valence-electron chi connectivity index (χ2n) is 7.35. The normalized spacial score (nSPS) is 10.5. The molecule has 2 N–H and O–H groups in total. The summed E-state index contributed by atoms with van der Waals surface area (Å²) in [6, 6.07) is 15.0. The number of amides is 1. The Hall–Kier alpha value is -2.60. The SMILES string of the molecule is CCCCCCOc1ccccc1C(=O)NC(=S)NCc1ccc(OC(C)C)cc1. The molecule has 0 fully saturated rings. The molecular formula is C24H32N2O3S. The lowest BCUT2D eigenvalue weighted by Crippen LogP contribution is -2.39. The maximum atomic E-state index is 12.6. The molecule has 0 spiro atoms. The Morgan fingerprint density at radius 2 is 1.77 bits per heavy atom. The van der Waals surface area contributed by atoms with E-state index in [1.807, 2.05) is 56.3 Å². The van der Waals surface area contributed by atoms with Crippen molar-refractivity contribution in [2.24, 2.45) is 0 Å². The number of para-hydroxylation sites is 1. The minimum atomic E-state index is -0.280. The Morgan fingerprint density at radius 3 is 2.47 bits per heavy atom. The second kappa shape index (κ2) is 12.9. The molecule has 0 radical (unpaired) electrons. The summed E-state index contributed by atoms with van der Waals surface area (Å²) in [4.78, 5) is 12.6. The van der Waals surface area contributed by atoms with Gasteiger partial charge in [-0.15, -0.1) is 0 Å². The first-order valence-electron chi connectivity index (χ1n) is 10.6. The van der Waals surface area contributed by atoms with Crippen LogP contribution in [-0.2, 0) is 6.54 Å². The van der Waals surface area contributed by atoms with Crippen molar-refractivity contribution in [3.63, 3.8) is 0 Å². The third kappa shape index (κ3) is 8.41. The summed E-state index contributed by atoms with van der Waals surface area (Å²) >= 11 is 5.28. The summed E-state index contributed by atoms with van der Waals surface area (Å²) < 4.78 is 11.5. The first-order chi connectivity index (χ1) is 14.5. The zero-order valence-corrected chi connectivity index (χ0v) is 18.9. The molecule has 0 saturated heterocycles. The summed E-state index contributed by atoms with van der Waals surface area (Å²) in [5, 5.41) is 6.07. The largest absolute Gasteiger partial charge is 0.493 e. The summed E-state index contributed by atoms with van der Waals surface area (Å²) in [6.07, 6.45) is 4.62. The van der Waals surface area contributed by atoms with Gasteiger partial charge >= 0.3 is 0 Å². The highest BCUT2D eigenvalue weighted by atomic mass is 32.1. The first-order valence-corrected chi connectivity index (χ1v) is 11.0. The van der Waals surface area contributed by atoms with Crippen LogP contribution < -0.4 is 20.1 Å². The van der Waals surface area contributed by atoms with Gasteiger partial charge in [0.05, 0.1) is 18.3 Å². The molecule has 0 aliphatic heterocycles. The van der Waals surface area contributed by atoms with Gasteiger partial charge in [-0.1, -0.05) is 50.5 Å². The number of carbonyl (C=O) groups excluding carboxylic acids is 1. The molecule has 0 aromatic heterocycles. The molecule has 2 rings (SSSR count). The van der Waals surface area contributed by atoms with E-state index in [-0.39, 0.29) is 17.1 Å². The zero-order valence-electron chi connectivity index (χ0n) is 18.1. The maximum Gasteiger partial charge on any atom is 0.261 e. The van der Waals surface area contributed by atoms with Crippen molar-refractivity contribution in [2.45, 2.75) is 59.1 Å². The highest BCUT2D eigenvalue weighted by molar-refractivity contribution is 7.80. The van der Waals surface area contributed by atoms with Gasteiger partial charge in [-0.2, -0.15) is 0 Å². The van der Waals surface area contributed by atoms with Crippen molar-refractivity contribution < 1.29 is 14.3 Å². The molecule has 2 aromatic rings. The van der Waals surface area contributed by atoms with Gasteiger partial charge in [-0.05, 0) is 62.3 Å². The van der Waals surface area contributed by atoms with Crippen LogP contribution in [0.15, 0.2) is 48.5 Å². The fourth-order valence-electron chi connectivity index (χ4n) is 2.85. The molecular weight excluding hydrogens is 396 g/mol. The van der Waals surface area contributed by atoms with E-state index in [0.717, 1.165) is 24.2 Å². The molecule has 0 atom stereocenters. The lowest BCUT2D eigenvalue weighted by molar-refractivity contribution is 0.0972. The van der Waals surface area contributed by atoms with Gasteiger partial charge in [0.15, 0.2) is 5.11 Å². The van der Waals surface area contributed by atoms with Crippen LogP contribution in [0.5, 0.6) is 11.5 Å². The summed E-state index contributed by atoms with van der Waals surface area (Å²) in [7, 11) is 0. The zero-order chi connectivity index (χ0) is 21.8. The Balaban J connectivity index is 1.83. The van der Waals surface area contributed by atoms with E-state index >= 15 is 0 Å². The van der Waals surface area contributed by atoms with Crippen molar-refractivity contribution >= 4 is 23.2 Å². The number of thiocarbonyl (C=S) groups is 1. The Kier molecular flexibility index (Phi) is 10.1. The minimum absolute atomic E-state index is 0.139. The van der Waals surface area contributed by atoms with Crippen molar-refractivity contribution in [2.75, 3.05) is 6.61 Å². The molecule has 0 saturated carbocycles. The standard InChI is InChI=1S/C24H32N2O3S/c1-4-5-6-9-16-28-22-11-8-7-10-21(22)23(27)26-24(30)25-17-19-12-14-20(15-13-19)29-18(2)3/h7-8,10-15,18H,4-6,9,16-17H2,1-3H3,(H2,25,26,27,30). The van der Waals surface area contributed by atoms with Crippen LogP contribution in [-0.4, -0.2) is 23.7 Å². The Labute approximate surface area is 185 Å². The number of carbonyl (C=O) groups is 1. The predicted molar refractivity (Wildman–Crippen MR) is 125 cm³/mol. The molecule has 2 aromatic carbocycles. The highest BCUT2D eigenvalue weighted by Crippen LogP contribution is 2.18. The number of nitrogens with one attached hydrogen (secondary N) is 2. The molecule has 162 valence electrons. The molecule has 6 heteroatoms. The number of ether oxygens (including phenoxy) is 2. The molecule has 0 aliphatic carbocycles. The van der Waals surface area contributed by atoms with Crippen LogP contribution in [0.25, 0.3) is 0 Å². The van der Waals surface area contributed by atoms with Gasteiger partial charge in [-0.3, -0.25) is 10.1 Å². The molecule has 30 heavy (non-hydrogen) atoms. The fourth-order valence-corrected chi connectivity index (χ4v) is 3.01. The Bertz CT molecular complexity index is 806. The average molecular weight is 429 g/mol. The first kappa shape index (κ1) is 23.7. The van der Waals surface area contributed by atoms with E-state index in [0.29, 0.717) is 24.5 Å². The van der Waals surface area contributed by atoms with Crippen LogP contribution in [0.1, 0.15) is 62.4 Å². The number of rotatable bonds is 11. The van der Waals surface area contributed by atoms with E-state index in [1.165, 1.54) is 12.8 Å². The molecule has 0 heterocycles. The third-order valence-corrected chi connectivity index (χ3v) is 4.61. The lowest BCUT2D eigenvalue weighted by atomic mass is 10.2. The maximum absolute atomic E-state index is 12.6. The monoisotopic (exact) mass is 428 g/mol. The van der Waals surface area contributed by atoms with E-state index in [9.17, 15) is 4.79 Å². The molecule has 0 aliphatic rings. The van der Waals surface area contributed by atoms with Crippen LogP contribution in [0.2, 0.25) is 0 Å². The van der Waals surface area contributed by atoms with Gasteiger partial charge in [0.25, 0.3) is 5.91 Å². The predicted octanol–water partition coefficient (Wildman–Crippen LogP) is 5.24. The van der Waals surface area contributed by atoms with Crippen molar-refractivity contribution in [1.82, 2.24) is 10.6 Å². The minimum Gasteiger partial charge on any atom is -0.493 e. The number of hydrogen-bond donors (Lipinski definition) is 2. The topological polar surface area (TPSA) is 59.6 Å². The van der Waals surface area contributed by atoms with E-state index in [4.69, 9.17) is 21.7 Å². The number of hydrogen-bond acceptors (Lipinski definition) is 4. The van der Waals surface area contributed by atoms with E-state index in [2.05, 4.69) is 17.6 Å². The third-order valence-electron chi connectivity index (χ3n) is 4.36. The van der Waals surface area contributed by atoms with Gasteiger partial charge in [0, 0.05) is 6.54 Å². The number of benzene rings is 2. The van der Waals surface area contributed by atoms with Crippen molar-refractivity contribution in [3.05, 3.63) is 59.7 Å². The average Bonchev–Trinajstić information content (AvgIpc) is 2.73. The quantitative estimate of drug-likeness (QED) is 0.379. The van der Waals surface area contributed by atoms with Gasteiger partial charge in [0.2, 0.25) is 0 Å².